The molecule has 2 rings (SSSR count). The standard InChI is InChI=1S/C17H28N2O2S/c1-15(16-6-4-3-5-7-16)14-18-17-8-10-19(11-9-17)12-13-22(2,20)21/h3-7,15,17-18H,8-14H2,1-2H3/t15-/m1/s1. The quantitative estimate of drug-likeness (QED) is 0.832. The molecule has 1 fully saturated rings. The van der Waals surface area contributed by atoms with E-state index in [-0.39, 0.29) is 5.75 Å². The number of sulfone groups is 1. The number of nitrogens with zero attached hydrogens (tertiary/aromatic N) is 1. The Morgan fingerprint density at radius 1 is 1.23 bits per heavy atom. The Bertz CT molecular complexity index is 537. The normalized spacial score (nSPS) is 19.2. The van der Waals surface area contributed by atoms with Crippen LogP contribution in [0.15, 0.2) is 30.3 Å². The van der Waals surface area contributed by atoms with Crippen LogP contribution >= 0.6 is 0 Å². The van der Waals surface area contributed by atoms with E-state index in [1.807, 2.05) is 0 Å². The molecule has 1 N–H and O–H groups in total. The average molecular weight is 324 g/mol. The third-order valence-corrected chi connectivity index (χ3v) is 5.37. The number of likely N-dealkylation sites (tertiary alicyclic amines) is 1. The molecular formula is C17H28N2O2S. The van der Waals surface area contributed by atoms with Crippen LogP contribution in [0, 0.1) is 0 Å². The summed E-state index contributed by atoms with van der Waals surface area (Å²) in [6.45, 7) is 5.91. The maximum Gasteiger partial charge on any atom is 0.148 e. The average Bonchev–Trinajstić information content (AvgIpc) is 2.52. The van der Waals surface area contributed by atoms with Crippen LogP contribution in [0.25, 0.3) is 0 Å². The highest BCUT2D eigenvalue weighted by Crippen LogP contribution is 2.15. The zero-order chi connectivity index (χ0) is 16.0. The minimum absolute atomic E-state index is 0.274. The zero-order valence-corrected chi connectivity index (χ0v) is 14.5. The fourth-order valence-electron chi connectivity index (χ4n) is 2.90. The van der Waals surface area contributed by atoms with Crippen LogP contribution in [0.3, 0.4) is 0 Å². The summed E-state index contributed by atoms with van der Waals surface area (Å²) in [7, 11) is -2.85. The molecular weight excluding hydrogens is 296 g/mol. The summed E-state index contributed by atoms with van der Waals surface area (Å²) in [5.41, 5.74) is 1.38. The molecule has 0 radical (unpaired) electrons. The molecule has 4 nitrogen and oxygen atoms in total. The lowest BCUT2D eigenvalue weighted by Crippen LogP contribution is -2.44. The van der Waals surface area contributed by atoms with E-state index in [0.29, 0.717) is 18.5 Å². The molecule has 1 aliphatic heterocycles. The van der Waals surface area contributed by atoms with Crippen LogP contribution < -0.4 is 5.32 Å². The number of hydrogen-bond donors (Lipinski definition) is 1. The maximum absolute atomic E-state index is 11.2. The lowest BCUT2D eigenvalue weighted by Gasteiger charge is -2.32. The van der Waals surface area contributed by atoms with Gasteiger partial charge in [0.2, 0.25) is 0 Å². The van der Waals surface area contributed by atoms with Gasteiger partial charge in [-0.2, -0.15) is 0 Å². The predicted molar refractivity (Wildman–Crippen MR) is 92.0 cm³/mol. The van der Waals surface area contributed by atoms with Gasteiger partial charge in [-0.25, -0.2) is 8.42 Å². The van der Waals surface area contributed by atoms with Gasteiger partial charge in [0.05, 0.1) is 5.75 Å². The van der Waals surface area contributed by atoms with Gasteiger partial charge in [-0.15, -0.1) is 0 Å². The van der Waals surface area contributed by atoms with Crippen molar-refractivity contribution >= 4 is 9.84 Å². The first-order valence-corrected chi connectivity index (χ1v) is 10.2. The first-order chi connectivity index (χ1) is 10.4. The first kappa shape index (κ1) is 17.4. The Morgan fingerprint density at radius 2 is 1.86 bits per heavy atom. The van der Waals surface area contributed by atoms with Crippen molar-refractivity contribution in [2.75, 3.05) is 38.2 Å². The molecule has 1 aromatic carbocycles. The van der Waals surface area contributed by atoms with E-state index < -0.39 is 9.84 Å². The highest BCUT2D eigenvalue weighted by Gasteiger charge is 2.20. The smallest absolute Gasteiger partial charge is 0.148 e. The molecule has 0 unspecified atom stereocenters. The van der Waals surface area contributed by atoms with Crippen molar-refractivity contribution in [3.63, 3.8) is 0 Å². The molecule has 0 saturated carbocycles. The van der Waals surface area contributed by atoms with Crippen LogP contribution in [0.1, 0.15) is 31.2 Å². The van der Waals surface area contributed by atoms with Crippen LogP contribution in [0.5, 0.6) is 0 Å². The third-order valence-electron chi connectivity index (χ3n) is 4.45. The second-order valence-electron chi connectivity index (χ2n) is 6.47. The molecule has 0 spiro atoms. The van der Waals surface area contributed by atoms with Crippen LogP contribution in [-0.4, -0.2) is 57.5 Å². The van der Waals surface area contributed by atoms with Crippen molar-refractivity contribution in [1.29, 1.82) is 0 Å². The van der Waals surface area contributed by atoms with E-state index in [2.05, 4.69) is 47.5 Å². The highest BCUT2D eigenvalue weighted by molar-refractivity contribution is 7.90. The van der Waals surface area contributed by atoms with Gasteiger partial charge in [0.1, 0.15) is 9.84 Å². The van der Waals surface area contributed by atoms with Gasteiger partial charge in [-0.3, -0.25) is 0 Å². The molecule has 1 saturated heterocycles. The van der Waals surface area contributed by atoms with Crippen molar-refractivity contribution in [1.82, 2.24) is 10.2 Å². The second kappa shape index (κ2) is 8.09. The third kappa shape index (κ3) is 6.07. The Morgan fingerprint density at radius 3 is 2.45 bits per heavy atom. The van der Waals surface area contributed by atoms with Gasteiger partial charge in [-0.1, -0.05) is 37.3 Å². The SMILES string of the molecule is C[C@H](CNC1CCN(CCS(C)(=O)=O)CC1)c1ccccc1. The summed E-state index contributed by atoms with van der Waals surface area (Å²) in [6.07, 6.45) is 3.52. The molecule has 0 bridgehead atoms. The Hall–Kier alpha value is -0.910. The number of benzene rings is 1. The van der Waals surface area contributed by atoms with Gasteiger partial charge in [0.25, 0.3) is 0 Å². The van der Waals surface area contributed by atoms with Crippen LogP contribution in [-0.2, 0) is 9.84 Å². The molecule has 1 aromatic rings. The summed E-state index contributed by atoms with van der Waals surface area (Å²) >= 11 is 0. The summed E-state index contributed by atoms with van der Waals surface area (Å²) in [5.74, 6) is 0.792. The minimum atomic E-state index is -2.85. The maximum atomic E-state index is 11.2. The van der Waals surface area contributed by atoms with Crippen molar-refractivity contribution < 1.29 is 8.42 Å². The van der Waals surface area contributed by atoms with Crippen LogP contribution in [0.2, 0.25) is 0 Å². The summed E-state index contributed by atoms with van der Waals surface area (Å²) < 4.78 is 22.4. The van der Waals surface area contributed by atoms with E-state index in [4.69, 9.17) is 0 Å². The van der Waals surface area contributed by atoms with Crippen molar-refractivity contribution in [3.05, 3.63) is 35.9 Å². The lowest BCUT2D eigenvalue weighted by atomic mass is 9.99. The van der Waals surface area contributed by atoms with E-state index in [1.54, 1.807) is 0 Å². The van der Waals surface area contributed by atoms with Crippen molar-refractivity contribution in [2.24, 2.45) is 0 Å². The van der Waals surface area contributed by atoms with Gasteiger partial charge in [0.15, 0.2) is 0 Å². The molecule has 0 amide bonds. The Labute approximate surface area is 134 Å². The Kier molecular flexibility index (Phi) is 6.41. The van der Waals surface area contributed by atoms with Gasteiger partial charge < -0.3 is 10.2 Å². The fraction of sp³-hybridized carbons (Fsp3) is 0.647. The number of hydrogen-bond acceptors (Lipinski definition) is 4. The predicted octanol–water partition coefficient (Wildman–Crippen LogP) is 1.89. The fourth-order valence-corrected chi connectivity index (χ4v) is 3.49. The lowest BCUT2D eigenvalue weighted by molar-refractivity contribution is 0.206. The second-order valence-corrected chi connectivity index (χ2v) is 8.73. The van der Waals surface area contributed by atoms with Gasteiger partial charge in [-0.05, 0) is 37.4 Å². The largest absolute Gasteiger partial charge is 0.313 e. The first-order valence-electron chi connectivity index (χ1n) is 8.12. The molecule has 1 atom stereocenters. The van der Waals surface area contributed by atoms with Crippen molar-refractivity contribution in [3.8, 4) is 0 Å². The van der Waals surface area contributed by atoms with Crippen molar-refractivity contribution in [2.45, 2.75) is 31.7 Å². The summed E-state index contributed by atoms with van der Waals surface area (Å²) in [5, 5.41) is 3.67. The molecule has 22 heavy (non-hydrogen) atoms. The van der Waals surface area contributed by atoms with E-state index >= 15 is 0 Å². The van der Waals surface area contributed by atoms with E-state index in [9.17, 15) is 8.42 Å². The molecule has 1 aliphatic rings. The Balaban J connectivity index is 1.67. The monoisotopic (exact) mass is 324 g/mol. The minimum Gasteiger partial charge on any atom is -0.313 e. The molecule has 5 heteroatoms. The molecule has 0 aromatic heterocycles. The molecule has 0 aliphatic carbocycles. The van der Waals surface area contributed by atoms with Gasteiger partial charge in [0, 0.05) is 25.4 Å². The zero-order valence-electron chi connectivity index (χ0n) is 13.7. The topological polar surface area (TPSA) is 49.4 Å². The van der Waals surface area contributed by atoms with Crippen LogP contribution in [0.4, 0.5) is 0 Å². The van der Waals surface area contributed by atoms with E-state index in [0.717, 1.165) is 32.5 Å². The highest BCUT2D eigenvalue weighted by atomic mass is 32.2. The molecule has 124 valence electrons. The summed E-state index contributed by atoms with van der Waals surface area (Å²) in [4.78, 5) is 2.26. The van der Waals surface area contributed by atoms with Gasteiger partial charge >= 0.3 is 0 Å². The van der Waals surface area contributed by atoms with E-state index in [1.165, 1.54) is 11.8 Å². The number of nitrogens with one attached hydrogen (secondary N) is 1. The number of rotatable bonds is 7. The summed E-state index contributed by atoms with van der Waals surface area (Å²) in [6, 6.07) is 11.1. The molecule has 1 heterocycles. The number of piperidine rings is 1.